The van der Waals surface area contributed by atoms with Gasteiger partial charge < -0.3 is 20.0 Å². The first-order valence-electron chi connectivity index (χ1n) is 11.2. The van der Waals surface area contributed by atoms with Gasteiger partial charge in [0, 0.05) is 63.0 Å². The predicted octanol–water partition coefficient (Wildman–Crippen LogP) is 2.76. The molecule has 0 saturated carbocycles. The van der Waals surface area contributed by atoms with E-state index < -0.39 is 0 Å². The normalized spacial score (nSPS) is 21.7. The van der Waals surface area contributed by atoms with Crippen LogP contribution in [0, 0.1) is 5.92 Å². The summed E-state index contributed by atoms with van der Waals surface area (Å²) in [5, 5.41) is 4.17. The molecule has 6 nitrogen and oxygen atoms in total. The quantitative estimate of drug-likeness (QED) is 0.566. The Bertz CT molecular complexity index is 639. The summed E-state index contributed by atoms with van der Waals surface area (Å²) in [5.74, 6) is 4.00. The number of guanidine groups is 1. The number of aliphatic imine (C=N–C) groups is 1. The average Bonchev–Trinajstić information content (AvgIpc) is 2.77. The summed E-state index contributed by atoms with van der Waals surface area (Å²) in [6.07, 6.45) is 2.00. The monoisotopic (exact) mass is 418 g/mol. The fraction of sp³-hybridized carbons (Fsp3) is 0.727. The number of pyridine rings is 1. The van der Waals surface area contributed by atoms with Crippen LogP contribution in [0.5, 0.6) is 0 Å². The Labute approximate surface area is 181 Å². The minimum Gasteiger partial charge on any atom is -0.357 e. The molecule has 3 rings (SSSR count). The zero-order chi connectivity index (χ0) is 20.6. The summed E-state index contributed by atoms with van der Waals surface area (Å²) in [6, 6.07) is 4.34. The van der Waals surface area contributed by atoms with Crippen molar-refractivity contribution in [1.29, 1.82) is 0 Å². The van der Waals surface area contributed by atoms with Crippen molar-refractivity contribution in [3.8, 4) is 0 Å². The number of nitrogens with one attached hydrogen (secondary N) is 1. The molecule has 0 spiro atoms. The number of aromatic nitrogens is 1. The van der Waals surface area contributed by atoms with Gasteiger partial charge >= 0.3 is 0 Å². The van der Waals surface area contributed by atoms with Crippen molar-refractivity contribution < 1.29 is 0 Å². The third-order valence-electron chi connectivity index (χ3n) is 5.84. The Morgan fingerprint density at radius 2 is 2.00 bits per heavy atom. The Kier molecular flexibility index (Phi) is 8.48. The van der Waals surface area contributed by atoms with E-state index in [4.69, 9.17) is 9.98 Å². The van der Waals surface area contributed by atoms with Gasteiger partial charge in [-0.2, -0.15) is 11.8 Å². The molecule has 2 saturated heterocycles. The maximum atomic E-state index is 4.93. The molecule has 1 unspecified atom stereocenters. The molecule has 2 aliphatic rings. The lowest BCUT2D eigenvalue weighted by molar-refractivity contribution is 0.270. The summed E-state index contributed by atoms with van der Waals surface area (Å²) >= 11 is 2.10. The van der Waals surface area contributed by atoms with E-state index in [0.29, 0.717) is 17.7 Å². The number of hydrogen-bond acceptors (Lipinski definition) is 5. The molecule has 29 heavy (non-hydrogen) atoms. The fourth-order valence-corrected chi connectivity index (χ4v) is 5.15. The average molecular weight is 419 g/mol. The molecule has 0 amide bonds. The summed E-state index contributed by atoms with van der Waals surface area (Å²) in [6.45, 7) is 18.3. The second-order valence-corrected chi connectivity index (χ2v) is 9.56. The van der Waals surface area contributed by atoms with Gasteiger partial charge in [0.25, 0.3) is 0 Å². The van der Waals surface area contributed by atoms with Gasteiger partial charge in [0.15, 0.2) is 5.96 Å². The number of thioether (sulfide) groups is 1. The molecular weight excluding hydrogens is 380 g/mol. The SMILES string of the molecule is CCNC(=NCc1ccc(N2CCN(CC)CC2)nc1)N1CCSC(C(C)C)C1. The van der Waals surface area contributed by atoms with E-state index in [0.717, 1.165) is 64.1 Å². The third kappa shape index (κ3) is 6.25. The number of piperazine rings is 1. The first-order valence-corrected chi connectivity index (χ1v) is 12.2. The van der Waals surface area contributed by atoms with Crippen LogP contribution in [-0.2, 0) is 6.54 Å². The van der Waals surface area contributed by atoms with Gasteiger partial charge in [0.2, 0.25) is 0 Å². The zero-order valence-electron chi connectivity index (χ0n) is 18.6. The number of rotatable bonds is 6. The van der Waals surface area contributed by atoms with E-state index in [-0.39, 0.29) is 0 Å². The van der Waals surface area contributed by atoms with Crippen LogP contribution >= 0.6 is 11.8 Å². The van der Waals surface area contributed by atoms with Crippen molar-refractivity contribution in [2.24, 2.45) is 10.9 Å². The second kappa shape index (κ2) is 11.1. The molecule has 0 bridgehead atoms. The van der Waals surface area contributed by atoms with Crippen LogP contribution in [0.2, 0.25) is 0 Å². The number of likely N-dealkylation sites (N-methyl/N-ethyl adjacent to an activating group) is 1. The number of nitrogens with zero attached hydrogens (tertiary/aromatic N) is 5. The Balaban J connectivity index is 1.59. The molecule has 0 aliphatic carbocycles. The molecule has 1 N–H and O–H groups in total. The summed E-state index contributed by atoms with van der Waals surface area (Å²) in [7, 11) is 0. The maximum Gasteiger partial charge on any atom is 0.194 e. The molecule has 1 aromatic rings. The molecule has 1 atom stereocenters. The van der Waals surface area contributed by atoms with Gasteiger partial charge in [-0.3, -0.25) is 0 Å². The van der Waals surface area contributed by atoms with E-state index in [2.05, 4.69) is 71.6 Å². The first kappa shape index (κ1) is 22.2. The Morgan fingerprint density at radius 3 is 2.62 bits per heavy atom. The van der Waals surface area contributed by atoms with E-state index in [1.54, 1.807) is 0 Å². The van der Waals surface area contributed by atoms with Crippen LogP contribution in [-0.4, -0.2) is 84.1 Å². The molecule has 3 heterocycles. The number of hydrogen-bond donors (Lipinski definition) is 1. The molecule has 162 valence electrons. The Hall–Kier alpha value is -1.47. The highest BCUT2D eigenvalue weighted by molar-refractivity contribution is 8.00. The van der Waals surface area contributed by atoms with Gasteiger partial charge in [-0.25, -0.2) is 9.98 Å². The van der Waals surface area contributed by atoms with Gasteiger partial charge in [-0.15, -0.1) is 0 Å². The molecule has 2 fully saturated rings. The molecule has 7 heteroatoms. The fourth-order valence-electron chi connectivity index (χ4n) is 3.85. The van der Waals surface area contributed by atoms with Crippen LogP contribution in [0.3, 0.4) is 0 Å². The minimum absolute atomic E-state index is 0.676. The Morgan fingerprint density at radius 1 is 1.21 bits per heavy atom. The van der Waals surface area contributed by atoms with Crippen LogP contribution in [0.1, 0.15) is 33.3 Å². The maximum absolute atomic E-state index is 4.93. The lowest BCUT2D eigenvalue weighted by Gasteiger charge is -2.36. The molecule has 1 aromatic heterocycles. The van der Waals surface area contributed by atoms with Crippen molar-refractivity contribution >= 4 is 23.5 Å². The highest BCUT2D eigenvalue weighted by Crippen LogP contribution is 2.25. The molecule has 0 aromatic carbocycles. The lowest BCUT2D eigenvalue weighted by Crippen LogP contribution is -2.49. The van der Waals surface area contributed by atoms with Crippen LogP contribution < -0.4 is 10.2 Å². The van der Waals surface area contributed by atoms with Gasteiger partial charge in [0.05, 0.1) is 6.54 Å². The zero-order valence-corrected chi connectivity index (χ0v) is 19.4. The van der Waals surface area contributed by atoms with Crippen molar-refractivity contribution in [1.82, 2.24) is 20.1 Å². The highest BCUT2D eigenvalue weighted by atomic mass is 32.2. The van der Waals surface area contributed by atoms with E-state index in [1.165, 1.54) is 11.3 Å². The van der Waals surface area contributed by atoms with Crippen LogP contribution in [0.15, 0.2) is 23.3 Å². The lowest BCUT2D eigenvalue weighted by atomic mass is 10.1. The van der Waals surface area contributed by atoms with Gasteiger partial charge in [-0.1, -0.05) is 26.8 Å². The third-order valence-corrected chi connectivity index (χ3v) is 7.38. The topological polar surface area (TPSA) is 47.0 Å². The summed E-state index contributed by atoms with van der Waals surface area (Å²) in [5.41, 5.74) is 1.17. The predicted molar refractivity (Wildman–Crippen MR) is 126 cm³/mol. The van der Waals surface area contributed by atoms with E-state index >= 15 is 0 Å². The van der Waals surface area contributed by atoms with Gasteiger partial charge in [0.1, 0.15) is 5.82 Å². The van der Waals surface area contributed by atoms with Crippen molar-refractivity contribution in [2.45, 2.75) is 39.5 Å². The first-order chi connectivity index (χ1) is 14.1. The van der Waals surface area contributed by atoms with Crippen LogP contribution in [0.25, 0.3) is 0 Å². The molecule has 2 aliphatic heterocycles. The van der Waals surface area contributed by atoms with Crippen molar-refractivity contribution in [3.05, 3.63) is 23.9 Å². The number of anilines is 1. The van der Waals surface area contributed by atoms with E-state index in [9.17, 15) is 0 Å². The summed E-state index contributed by atoms with van der Waals surface area (Å²) < 4.78 is 0. The second-order valence-electron chi connectivity index (χ2n) is 8.22. The highest BCUT2D eigenvalue weighted by Gasteiger charge is 2.24. The van der Waals surface area contributed by atoms with E-state index in [1.807, 2.05) is 6.20 Å². The minimum atomic E-state index is 0.676. The van der Waals surface area contributed by atoms with Gasteiger partial charge in [-0.05, 0) is 31.0 Å². The standard InChI is InChI=1S/C22H38N6S/c1-5-23-22(28-13-14-29-20(17-28)18(3)4)25-16-19-7-8-21(24-15-19)27-11-9-26(6-2)10-12-27/h7-8,15,18,20H,5-6,9-14,16-17H2,1-4H3,(H,23,25). The van der Waals surface area contributed by atoms with Crippen molar-refractivity contribution in [2.75, 3.05) is 63.0 Å². The molecular formula is C22H38N6S. The molecule has 0 radical (unpaired) electrons. The largest absolute Gasteiger partial charge is 0.357 e. The van der Waals surface area contributed by atoms with Crippen LogP contribution in [0.4, 0.5) is 5.82 Å². The van der Waals surface area contributed by atoms with Crippen molar-refractivity contribution in [3.63, 3.8) is 0 Å². The summed E-state index contributed by atoms with van der Waals surface area (Å²) in [4.78, 5) is 17.0. The smallest absolute Gasteiger partial charge is 0.194 e.